The topological polar surface area (TPSA) is 20.3 Å². The van der Waals surface area contributed by atoms with Gasteiger partial charge >= 0.3 is 5.37 Å². The van der Waals surface area contributed by atoms with E-state index < -0.39 is 5.37 Å². The molecule has 0 N–H and O–H groups in total. The van der Waals surface area contributed by atoms with Gasteiger partial charge < -0.3 is 4.90 Å². The molecule has 58 valence electrons. The maximum atomic E-state index is 10.6. The van der Waals surface area contributed by atoms with Crippen LogP contribution in [0.3, 0.4) is 0 Å². The van der Waals surface area contributed by atoms with E-state index in [4.69, 9.17) is 11.6 Å². The van der Waals surface area contributed by atoms with Crippen LogP contribution in [0.5, 0.6) is 0 Å². The first-order chi connectivity index (χ1) is 4.63. The second kappa shape index (κ2) is 4.34. The first-order valence-electron chi connectivity index (χ1n) is 3.23. The van der Waals surface area contributed by atoms with Crippen molar-refractivity contribution in [2.75, 3.05) is 0 Å². The summed E-state index contributed by atoms with van der Waals surface area (Å²) >= 11 is 5.23. The highest BCUT2D eigenvalue weighted by Crippen LogP contribution is 2.06. The molecule has 10 heavy (non-hydrogen) atoms. The lowest BCUT2D eigenvalue weighted by atomic mass is 10.2. The Morgan fingerprint density at radius 2 is 2.40 bits per heavy atom. The van der Waals surface area contributed by atoms with Crippen molar-refractivity contribution < 1.29 is 4.79 Å². The molecule has 1 unspecified atom stereocenters. The molecule has 2 nitrogen and oxygen atoms in total. The van der Waals surface area contributed by atoms with E-state index in [0.29, 0.717) is 0 Å². The highest BCUT2D eigenvalue weighted by Gasteiger charge is 2.12. The lowest BCUT2D eigenvalue weighted by Gasteiger charge is -2.20. The van der Waals surface area contributed by atoms with E-state index in [1.807, 2.05) is 13.8 Å². The predicted octanol–water partition coefficient (Wildman–Crippen LogP) is 2.59. The fourth-order valence-corrected chi connectivity index (χ4v) is 0.857. The molecular formula is C7H12ClNO. The number of carbonyl (C=O) groups is 1. The Hall–Kier alpha value is -0.500. The van der Waals surface area contributed by atoms with Crippen LogP contribution in [0.2, 0.25) is 0 Å². The molecule has 0 fully saturated rings. The second-order valence-corrected chi connectivity index (χ2v) is 2.42. The lowest BCUT2D eigenvalue weighted by Crippen LogP contribution is -2.29. The molecule has 0 bridgehead atoms. The largest absolute Gasteiger partial charge is 0.320 e. The number of amides is 1. The predicted molar refractivity (Wildman–Crippen MR) is 43.0 cm³/mol. The minimum atomic E-state index is -0.468. The van der Waals surface area contributed by atoms with Crippen molar-refractivity contribution in [2.45, 2.75) is 26.3 Å². The van der Waals surface area contributed by atoms with Crippen molar-refractivity contribution in [3.8, 4) is 0 Å². The minimum Gasteiger partial charge on any atom is -0.303 e. The van der Waals surface area contributed by atoms with E-state index in [-0.39, 0.29) is 6.04 Å². The number of nitrogens with zero attached hydrogens (tertiary/aromatic N) is 1. The second-order valence-electron chi connectivity index (χ2n) is 2.10. The van der Waals surface area contributed by atoms with Crippen LogP contribution < -0.4 is 0 Å². The van der Waals surface area contributed by atoms with E-state index in [0.717, 1.165) is 6.42 Å². The quantitative estimate of drug-likeness (QED) is 0.460. The smallest absolute Gasteiger partial charge is 0.303 e. The molecule has 0 saturated carbocycles. The zero-order chi connectivity index (χ0) is 8.15. The van der Waals surface area contributed by atoms with Crippen LogP contribution in [0.25, 0.3) is 0 Å². The molecule has 1 amide bonds. The summed E-state index contributed by atoms with van der Waals surface area (Å²) in [6.45, 7) is 7.38. The summed E-state index contributed by atoms with van der Waals surface area (Å²) in [5, 5.41) is -0.468. The van der Waals surface area contributed by atoms with E-state index >= 15 is 0 Å². The number of rotatable bonds is 3. The van der Waals surface area contributed by atoms with Crippen LogP contribution >= 0.6 is 11.6 Å². The fourth-order valence-electron chi connectivity index (χ4n) is 0.622. The third kappa shape index (κ3) is 2.40. The van der Waals surface area contributed by atoms with E-state index in [2.05, 4.69) is 6.58 Å². The van der Waals surface area contributed by atoms with Crippen LogP contribution in [-0.4, -0.2) is 16.3 Å². The average molecular weight is 162 g/mol. The molecule has 0 rings (SSSR count). The number of halogens is 1. The average Bonchev–Trinajstić information content (AvgIpc) is 1.88. The van der Waals surface area contributed by atoms with E-state index in [9.17, 15) is 4.79 Å². The molecule has 0 radical (unpaired) electrons. The van der Waals surface area contributed by atoms with E-state index in [1.165, 1.54) is 11.1 Å². The molecular weight excluding hydrogens is 150 g/mol. The van der Waals surface area contributed by atoms with Gasteiger partial charge in [-0.05, 0) is 24.9 Å². The fraction of sp³-hybridized carbons (Fsp3) is 0.571. The third-order valence-corrected chi connectivity index (χ3v) is 1.66. The summed E-state index contributed by atoms with van der Waals surface area (Å²) in [6, 6.07) is 0.141. The molecule has 0 saturated heterocycles. The molecule has 0 aromatic rings. The summed E-state index contributed by atoms with van der Waals surface area (Å²) in [7, 11) is 0. The first kappa shape index (κ1) is 9.50. The summed E-state index contributed by atoms with van der Waals surface area (Å²) in [5.41, 5.74) is 0. The summed E-state index contributed by atoms with van der Waals surface area (Å²) in [6.07, 6.45) is 2.33. The zero-order valence-corrected chi connectivity index (χ0v) is 7.06. The zero-order valence-electron chi connectivity index (χ0n) is 6.30. The van der Waals surface area contributed by atoms with Crippen LogP contribution in [0.15, 0.2) is 12.8 Å². The van der Waals surface area contributed by atoms with Crippen LogP contribution in [-0.2, 0) is 0 Å². The van der Waals surface area contributed by atoms with Gasteiger partial charge in [-0.15, -0.1) is 0 Å². The van der Waals surface area contributed by atoms with Gasteiger partial charge in [-0.25, -0.2) is 0 Å². The monoisotopic (exact) mass is 161 g/mol. The highest BCUT2D eigenvalue weighted by atomic mass is 35.5. The Balaban J connectivity index is 4.05. The summed E-state index contributed by atoms with van der Waals surface area (Å²) in [5.74, 6) is 0. The maximum absolute atomic E-state index is 10.6. The Labute approximate surface area is 66.5 Å². The van der Waals surface area contributed by atoms with Crippen LogP contribution in [0.1, 0.15) is 20.3 Å². The molecule has 0 aliphatic rings. The van der Waals surface area contributed by atoms with Gasteiger partial charge in [0.2, 0.25) is 0 Å². The number of hydrogen-bond acceptors (Lipinski definition) is 1. The minimum absolute atomic E-state index is 0.141. The molecule has 1 atom stereocenters. The van der Waals surface area contributed by atoms with Gasteiger partial charge in [0.25, 0.3) is 0 Å². The SMILES string of the molecule is C=CN(C(=O)Cl)C(C)CC. The molecule has 0 heterocycles. The Morgan fingerprint density at radius 3 is 2.50 bits per heavy atom. The summed E-state index contributed by atoms with van der Waals surface area (Å²) < 4.78 is 0. The number of carbonyl (C=O) groups excluding carboxylic acids is 1. The standard InChI is InChI=1S/C7H12ClNO/c1-4-6(3)9(5-2)7(8)10/h5-6H,2,4H2,1,3H3. The molecule has 0 spiro atoms. The lowest BCUT2D eigenvalue weighted by molar-refractivity contribution is 0.225. The Morgan fingerprint density at radius 1 is 1.90 bits per heavy atom. The third-order valence-electron chi connectivity index (χ3n) is 1.47. The molecule has 0 aliphatic heterocycles. The van der Waals surface area contributed by atoms with Crippen molar-refractivity contribution in [3.05, 3.63) is 12.8 Å². The van der Waals surface area contributed by atoms with Crippen molar-refractivity contribution in [1.82, 2.24) is 4.90 Å². The van der Waals surface area contributed by atoms with Gasteiger partial charge in [0.15, 0.2) is 0 Å². The molecule has 0 aromatic heterocycles. The van der Waals surface area contributed by atoms with Crippen molar-refractivity contribution >= 4 is 17.0 Å². The van der Waals surface area contributed by atoms with Crippen molar-refractivity contribution in [2.24, 2.45) is 0 Å². The number of hydrogen-bond donors (Lipinski definition) is 0. The van der Waals surface area contributed by atoms with Gasteiger partial charge in [0, 0.05) is 12.2 Å². The van der Waals surface area contributed by atoms with Gasteiger partial charge in [0.1, 0.15) is 0 Å². The Kier molecular flexibility index (Phi) is 4.12. The van der Waals surface area contributed by atoms with Gasteiger partial charge in [-0.1, -0.05) is 13.5 Å². The highest BCUT2D eigenvalue weighted by molar-refractivity contribution is 6.63. The molecule has 3 heteroatoms. The van der Waals surface area contributed by atoms with Gasteiger partial charge in [0.05, 0.1) is 0 Å². The van der Waals surface area contributed by atoms with Gasteiger partial charge in [-0.3, -0.25) is 4.79 Å². The van der Waals surface area contributed by atoms with Gasteiger partial charge in [-0.2, -0.15) is 0 Å². The normalized spacial score (nSPS) is 12.3. The summed E-state index contributed by atoms with van der Waals surface area (Å²) in [4.78, 5) is 12.0. The van der Waals surface area contributed by atoms with Crippen LogP contribution in [0, 0.1) is 0 Å². The first-order valence-corrected chi connectivity index (χ1v) is 3.61. The van der Waals surface area contributed by atoms with Crippen molar-refractivity contribution in [1.29, 1.82) is 0 Å². The van der Waals surface area contributed by atoms with Crippen molar-refractivity contribution in [3.63, 3.8) is 0 Å². The Bertz CT molecular complexity index is 136. The van der Waals surface area contributed by atoms with Crippen LogP contribution in [0.4, 0.5) is 4.79 Å². The molecule has 0 aromatic carbocycles. The molecule has 0 aliphatic carbocycles. The van der Waals surface area contributed by atoms with E-state index in [1.54, 1.807) is 0 Å². The maximum Gasteiger partial charge on any atom is 0.320 e.